The maximum Gasteiger partial charge on any atom is 0.220 e. The first-order chi connectivity index (χ1) is 8.43. The summed E-state index contributed by atoms with van der Waals surface area (Å²) in [6.45, 7) is 6.35. The highest BCUT2D eigenvalue weighted by molar-refractivity contribution is 5.76. The van der Waals surface area contributed by atoms with Gasteiger partial charge < -0.3 is 11.1 Å². The molecule has 0 bridgehead atoms. The molecule has 1 fully saturated rings. The van der Waals surface area contributed by atoms with Gasteiger partial charge in [0.1, 0.15) is 0 Å². The summed E-state index contributed by atoms with van der Waals surface area (Å²) < 4.78 is 0. The molecule has 0 aromatic rings. The number of rotatable bonds is 6. The molecule has 0 aliphatic heterocycles. The Morgan fingerprint density at radius 2 is 2.11 bits per heavy atom. The van der Waals surface area contributed by atoms with Crippen molar-refractivity contribution in [2.75, 3.05) is 0 Å². The monoisotopic (exact) mass is 254 g/mol. The van der Waals surface area contributed by atoms with E-state index >= 15 is 0 Å². The Hall–Kier alpha value is -0.570. The van der Waals surface area contributed by atoms with Crippen LogP contribution < -0.4 is 11.1 Å². The zero-order chi connectivity index (χ0) is 13.6. The SMILES string of the molecule is CCCC(C)(C)NC(=O)CCC1CCCC(N)C1. The van der Waals surface area contributed by atoms with Crippen LogP contribution in [0.5, 0.6) is 0 Å². The molecule has 3 N–H and O–H groups in total. The Labute approximate surface area is 112 Å². The summed E-state index contributed by atoms with van der Waals surface area (Å²) in [6, 6.07) is 0.364. The van der Waals surface area contributed by atoms with E-state index in [1.54, 1.807) is 0 Å². The fourth-order valence-corrected chi connectivity index (χ4v) is 3.06. The van der Waals surface area contributed by atoms with Gasteiger partial charge in [-0.05, 0) is 45.4 Å². The zero-order valence-corrected chi connectivity index (χ0v) is 12.3. The van der Waals surface area contributed by atoms with E-state index in [9.17, 15) is 4.79 Å². The molecule has 106 valence electrons. The smallest absolute Gasteiger partial charge is 0.220 e. The zero-order valence-electron chi connectivity index (χ0n) is 12.3. The Balaban J connectivity index is 2.24. The second-order valence-electron chi connectivity index (χ2n) is 6.51. The minimum atomic E-state index is -0.0607. The fourth-order valence-electron chi connectivity index (χ4n) is 3.06. The van der Waals surface area contributed by atoms with Crippen molar-refractivity contribution in [3.63, 3.8) is 0 Å². The van der Waals surface area contributed by atoms with Crippen LogP contribution >= 0.6 is 0 Å². The van der Waals surface area contributed by atoms with E-state index in [1.165, 1.54) is 12.8 Å². The standard InChI is InChI=1S/C15H30N2O/c1-4-10-15(2,3)17-14(18)9-8-12-6-5-7-13(16)11-12/h12-13H,4-11,16H2,1-3H3,(H,17,18). The van der Waals surface area contributed by atoms with Crippen LogP contribution in [0.3, 0.4) is 0 Å². The van der Waals surface area contributed by atoms with Crippen molar-refractivity contribution in [2.24, 2.45) is 11.7 Å². The maximum atomic E-state index is 11.9. The lowest BCUT2D eigenvalue weighted by Gasteiger charge is -2.28. The van der Waals surface area contributed by atoms with Gasteiger partial charge in [-0.1, -0.05) is 26.2 Å². The summed E-state index contributed by atoms with van der Waals surface area (Å²) in [5.74, 6) is 0.862. The first-order valence-electron chi connectivity index (χ1n) is 7.49. The van der Waals surface area contributed by atoms with Crippen molar-refractivity contribution in [2.45, 2.75) is 83.7 Å². The molecule has 0 aromatic heterocycles. The summed E-state index contributed by atoms with van der Waals surface area (Å²) in [5, 5.41) is 3.14. The van der Waals surface area contributed by atoms with E-state index in [0.29, 0.717) is 18.4 Å². The maximum absolute atomic E-state index is 11.9. The van der Waals surface area contributed by atoms with Gasteiger partial charge in [-0.25, -0.2) is 0 Å². The molecule has 2 unspecified atom stereocenters. The van der Waals surface area contributed by atoms with Crippen molar-refractivity contribution in [3.05, 3.63) is 0 Å². The molecule has 0 radical (unpaired) electrons. The molecule has 0 heterocycles. The van der Waals surface area contributed by atoms with Crippen LogP contribution in [0.1, 0.15) is 72.1 Å². The van der Waals surface area contributed by atoms with Gasteiger partial charge >= 0.3 is 0 Å². The highest BCUT2D eigenvalue weighted by Gasteiger charge is 2.22. The topological polar surface area (TPSA) is 55.1 Å². The molecule has 0 aromatic carbocycles. The quantitative estimate of drug-likeness (QED) is 0.765. The van der Waals surface area contributed by atoms with Crippen molar-refractivity contribution in [1.29, 1.82) is 0 Å². The molecule has 3 nitrogen and oxygen atoms in total. The predicted molar refractivity (Wildman–Crippen MR) is 76.3 cm³/mol. The van der Waals surface area contributed by atoms with Crippen LogP contribution in [0.15, 0.2) is 0 Å². The highest BCUT2D eigenvalue weighted by Crippen LogP contribution is 2.26. The van der Waals surface area contributed by atoms with E-state index in [1.807, 2.05) is 0 Å². The lowest BCUT2D eigenvalue weighted by Crippen LogP contribution is -2.43. The molecule has 1 aliphatic carbocycles. The Morgan fingerprint density at radius 1 is 1.39 bits per heavy atom. The number of nitrogens with two attached hydrogens (primary N) is 1. The molecular formula is C15H30N2O. The minimum absolute atomic E-state index is 0.0607. The molecule has 1 rings (SSSR count). The van der Waals surface area contributed by atoms with E-state index in [4.69, 9.17) is 5.73 Å². The Kier molecular flexibility index (Phi) is 6.13. The minimum Gasteiger partial charge on any atom is -0.351 e. The van der Waals surface area contributed by atoms with Crippen LogP contribution in [-0.4, -0.2) is 17.5 Å². The third kappa shape index (κ3) is 5.85. The van der Waals surface area contributed by atoms with Gasteiger partial charge in [0.05, 0.1) is 0 Å². The van der Waals surface area contributed by atoms with Crippen LogP contribution in [0.25, 0.3) is 0 Å². The van der Waals surface area contributed by atoms with Crippen LogP contribution in [0.4, 0.5) is 0 Å². The predicted octanol–water partition coefficient (Wildman–Crippen LogP) is 2.98. The van der Waals surface area contributed by atoms with Crippen LogP contribution in [-0.2, 0) is 4.79 Å². The van der Waals surface area contributed by atoms with Crippen molar-refractivity contribution >= 4 is 5.91 Å². The Morgan fingerprint density at radius 3 is 2.72 bits per heavy atom. The van der Waals surface area contributed by atoms with Crippen molar-refractivity contribution in [3.8, 4) is 0 Å². The molecule has 2 atom stereocenters. The average molecular weight is 254 g/mol. The molecule has 1 saturated carbocycles. The lowest BCUT2D eigenvalue weighted by molar-refractivity contribution is -0.123. The summed E-state index contributed by atoms with van der Waals surface area (Å²) >= 11 is 0. The average Bonchev–Trinajstić information content (AvgIpc) is 2.25. The number of carbonyl (C=O) groups excluding carboxylic acids is 1. The number of hydrogen-bond acceptors (Lipinski definition) is 2. The van der Waals surface area contributed by atoms with Crippen LogP contribution in [0, 0.1) is 5.92 Å². The third-order valence-electron chi connectivity index (χ3n) is 3.96. The van der Waals surface area contributed by atoms with Crippen LogP contribution in [0.2, 0.25) is 0 Å². The first-order valence-corrected chi connectivity index (χ1v) is 7.49. The highest BCUT2D eigenvalue weighted by atomic mass is 16.1. The second kappa shape index (κ2) is 7.13. The van der Waals surface area contributed by atoms with Gasteiger partial charge in [0, 0.05) is 18.0 Å². The van der Waals surface area contributed by atoms with E-state index in [-0.39, 0.29) is 11.4 Å². The molecular weight excluding hydrogens is 224 g/mol. The number of nitrogens with one attached hydrogen (secondary N) is 1. The van der Waals surface area contributed by atoms with Gasteiger partial charge in [-0.15, -0.1) is 0 Å². The molecule has 0 spiro atoms. The van der Waals surface area contributed by atoms with E-state index in [2.05, 4.69) is 26.1 Å². The normalized spacial score (nSPS) is 24.9. The molecule has 1 amide bonds. The first kappa shape index (κ1) is 15.5. The summed E-state index contributed by atoms with van der Waals surface area (Å²) in [4.78, 5) is 11.9. The number of hydrogen-bond donors (Lipinski definition) is 2. The van der Waals surface area contributed by atoms with E-state index in [0.717, 1.165) is 32.1 Å². The lowest BCUT2D eigenvalue weighted by atomic mass is 9.83. The molecule has 18 heavy (non-hydrogen) atoms. The number of amides is 1. The van der Waals surface area contributed by atoms with E-state index < -0.39 is 0 Å². The van der Waals surface area contributed by atoms with Crippen molar-refractivity contribution in [1.82, 2.24) is 5.32 Å². The number of carbonyl (C=O) groups is 1. The molecule has 3 heteroatoms. The van der Waals surface area contributed by atoms with Gasteiger partial charge in [0.25, 0.3) is 0 Å². The summed E-state index contributed by atoms with van der Waals surface area (Å²) in [5.41, 5.74) is 5.91. The Bertz CT molecular complexity index is 263. The van der Waals surface area contributed by atoms with Gasteiger partial charge in [0.15, 0.2) is 0 Å². The second-order valence-corrected chi connectivity index (χ2v) is 6.51. The third-order valence-corrected chi connectivity index (χ3v) is 3.96. The fraction of sp³-hybridized carbons (Fsp3) is 0.933. The van der Waals surface area contributed by atoms with Gasteiger partial charge in [-0.3, -0.25) is 4.79 Å². The molecule has 1 aliphatic rings. The van der Waals surface area contributed by atoms with Crippen molar-refractivity contribution < 1.29 is 4.79 Å². The van der Waals surface area contributed by atoms with Gasteiger partial charge in [-0.2, -0.15) is 0 Å². The molecule has 0 saturated heterocycles. The van der Waals surface area contributed by atoms with Gasteiger partial charge in [0.2, 0.25) is 5.91 Å². The largest absolute Gasteiger partial charge is 0.351 e. The summed E-state index contributed by atoms with van der Waals surface area (Å²) in [6.07, 6.45) is 8.54. The summed E-state index contributed by atoms with van der Waals surface area (Å²) in [7, 11) is 0.